The summed E-state index contributed by atoms with van der Waals surface area (Å²) in [6.45, 7) is 0.320. The molecule has 4 N–H and O–H groups in total. The predicted molar refractivity (Wildman–Crippen MR) is 78.6 cm³/mol. The minimum atomic E-state index is -4.35. The molecule has 1 saturated heterocycles. The molecule has 1 aliphatic carbocycles. The average molecular weight is 339 g/mol. The van der Waals surface area contributed by atoms with Crippen molar-refractivity contribution in [2.75, 3.05) is 20.8 Å². The van der Waals surface area contributed by atoms with E-state index in [-0.39, 0.29) is 18.1 Å². The number of nitrogens with one attached hydrogen (secondary N) is 4. The highest BCUT2D eigenvalue weighted by molar-refractivity contribution is 4.91. The summed E-state index contributed by atoms with van der Waals surface area (Å²) in [5.74, 6) is 0.116. The Balaban J connectivity index is 2.06. The van der Waals surface area contributed by atoms with Gasteiger partial charge in [0.25, 0.3) is 0 Å². The largest absolute Gasteiger partial charge is 0.459 e. The molecule has 1 saturated carbocycles. The van der Waals surface area contributed by atoms with Crippen LogP contribution in [0, 0.1) is 18.5 Å². The van der Waals surface area contributed by atoms with Crippen molar-refractivity contribution in [1.29, 1.82) is 0 Å². The van der Waals surface area contributed by atoms with Crippen LogP contribution in [0.1, 0.15) is 25.7 Å². The molecule has 2 rings (SSSR count). The van der Waals surface area contributed by atoms with Gasteiger partial charge in [0.15, 0.2) is 0 Å². The van der Waals surface area contributed by atoms with E-state index in [4.69, 9.17) is 9.47 Å². The number of hydrogen-bond donors (Lipinski definition) is 4. The Morgan fingerprint density at radius 2 is 1.83 bits per heavy atom. The van der Waals surface area contributed by atoms with E-state index >= 15 is 0 Å². The van der Waals surface area contributed by atoms with Gasteiger partial charge >= 0.3 is 6.18 Å². The lowest BCUT2D eigenvalue weighted by Gasteiger charge is -2.47. The van der Waals surface area contributed by atoms with Crippen LogP contribution < -0.4 is 21.3 Å². The van der Waals surface area contributed by atoms with Gasteiger partial charge in [0.05, 0.1) is 6.29 Å². The topological polar surface area (TPSA) is 66.6 Å². The summed E-state index contributed by atoms with van der Waals surface area (Å²) < 4.78 is 48.4. The molecule has 9 heteroatoms. The van der Waals surface area contributed by atoms with Crippen LogP contribution in [0.2, 0.25) is 0 Å². The summed E-state index contributed by atoms with van der Waals surface area (Å²) in [5.41, 5.74) is 0. The highest BCUT2D eigenvalue weighted by atomic mass is 19.4. The van der Waals surface area contributed by atoms with Gasteiger partial charge in [0.1, 0.15) is 19.1 Å². The van der Waals surface area contributed by atoms with E-state index in [1.807, 2.05) is 0 Å². The van der Waals surface area contributed by atoms with E-state index in [1.54, 1.807) is 20.8 Å². The lowest BCUT2D eigenvalue weighted by Crippen LogP contribution is -2.70. The molecule has 0 radical (unpaired) electrons. The second-order valence-corrected chi connectivity index (χ2v) is 5.99. The quantitative estimate of drug-likeness (QED) is 0.521. The van der Waals surface area contributed by atoms with E-state index in [0.717, 1.165) is 25.7 Å². The highest BCUT2D eigenvalue weighted by Gasteiger charge is 2.44. The Morgan fingerprint density at radius 1 is 1.17 bits per heavy atom. The lowest BCUT2D eigenvalue weighted by atomic mass is 9.86. The van der Waals surface area contributed by atoms with E-state index in [2.05, 4.69) is 21.3 Å². The van der Waals surface area contributed by atoms with E-state index in [9.17, 15) is 13.2 Å². The van der Waals surface area contributed by atoms with Crippen LogP contribution in [0.25, 0.3) is 0 Å². The molecule has 0 aromatic carbocycles. The monoisotopic (exact) mass is 339 g/mol. The maximum atomic E-state index is 12.6. The summed E-state index contributed by atoms with van der Waals surface area (Å²) in [4.78, 5) is 0. The molecular weight excluding hydrogens is 313 g/mol. The molecule has 4 atom stereocenters. The van der Waals surface area contributed by atoms with Gasteiger partial charge in [-0.3, -0.25) is 10.6 Å². The standard InChI is InChI=1S/C14H26F3N4O2/c1-18-8-19-13-20-11(22-2)10(9-5-3-4-6-9)12(21-13)23-7-14(15,16)17/h8-13,18-21H,3-7H2,1-2H3/q-1. The minimum absolute atomic E-state index is 0.169. The summed E-state index contributed by atoms with van der Waals surface area (Å²) in [7, 11) is 3.28. The normalized spacial score (nSPS) is 33.3. The molecule has 0 bridgehead atoms. The zero-order chi connectivity index (χ0) is 16.9. The van der Waals surface area contributed by atoms with Crippen LogP contribution in [-0.4, -0.2) is 45.7 Å². The first-order chi connectivity index (χ1) is 10.9. The molecule has 2 aliphatic rings. The van der Waals surface area contributed by atoms with Crippen molar-refractivity contribution in [1.82, 2.24) is 21.3 Å². The van der Waals surface area contributed by atoms with Crippen LogP contribution in [0.5, 0.6) is 0 Å². The van der Waals surface area contributed by atoms with Crippen LogP contribution >= 0.6 is 0 Å². The fraction of sp³-hybridized carbons (Fsp3) is 0.929. The summed E-state index contributed by atoms with van der Waals surface area (Å²) in [6.07, 6.45) is -1.73. The Bertz CT molecular complexity index is 353. The fourth-order valence-corrected chi connectivity index (χ4v) is 3.43. The van der Waals surface area contributed by atoms with Gasteiger partial charge in [0, 0.05) is 13.0 Å². The zero-order valence-electron chi connectivity index (χ0n) is 13.5. The van der Waals surface area contributed by atoms with Gasteiger partial charge < -0.3 is 20.1 Å². The maximum absolute atomic E-state index is 12.6. The molecule has 0 spiro atoms. The third-order valence-electron chi connectivity index (χ3n) is 4.38. The first-order valence-electron chi connectivity index (χ1n) is 7.93. The summed E-state index contributed by atoms with van der Waals surface area (Å²) >= 11 is 0. The smallest absolute Gasteiger partial charge is 0.411 e. The number of halogens is 3. The third-order valence-corrected chi connectivity index (χ3v) is 4.38. The van der Waals surface area contributed by atoms with Gasteiger partial charge in [-0.15, -0.1) is 0 Å². The molecule has 136 valence electrons. The molecule has 6 nitrogen and oxygen atoms in total. The number of ether oxygens (including phenoxy) is 2. The maximum Gasteiger partial charge on any atom is 0.411 e. The Hall–Kier alpha value is -0.450. The fourth-order valence-electron chi connectivity index (χ4n) is 3.43. The summed E-state index contributed by atoms with van der Waals surface area (Å²) in [5, 5.41) is 12.1. The van der Waals surface area contributed by atoms with E-state index in [0.29, 0.717) is 0 Å². The van der Waals surface area contributed by atoms with Gasteiger partial charge in [0.2, 0.25) is 0 Å². The first kappa shape index (κ1) is 18.9. The van der Waals surface area contributed by atoms with Crippen molar-refractivity contribution >= 4 is 0 Å². The number of methoxy groups -OCH3 is 1. The number of rotatable bonds is 7. The minimum Gasteiger partial charge on any atom is -0.459 e. The van der Waals surface area contributed by atoms with Crippen molar-refractivity contribution in [3.63, 3.8) is 0 Å². The second-order valence-electron chi connectivity index (χ2n) is 5.99. The number of alkyl halides is 3. The Labute approximate surface area is 134 Å². The molecule has 4 unspecified atom stereocenters. The second kappa shape index (κ2) is 8.59. The third kappa shape index (κ3) is 5.54. The highest BCUT2D eigenvalue weighted by Crippen LogP contribution is 2.37. The van der Waals surface area contributed by atoms with Gasteiger partial charge in [-0.05, 0) is 25.8 Å². The number of hydrogen-bond acceptors (Lipinski definition) is 6. The molecular formula is C14H26F3N4O2-. The molecule has 0 aromatic heterocycles. The van der Waals surface area contributed by atoms with Gasteiger partial charge in [-0.25, -0.2) is 6.67 Å². The molecule has 2 fully saturated rings. The molecule has 1 heterocycles. The van der Waals surface area contributed by atoms with Crippen molar-refractivity contribution < 1.29 is 22.6 Å². The van der Waals surface area contributed by atoms with Crippen molar-refractivity contribution in [3.8, 4) is 0 Å². The molecule has 0 aromatic rings. The zero-order valence-corrected chi connectivity index (χ0v) is 13.5. The van der Waals surface area contributed by atoms with Crippen molar-refractivity contribution in [2.45, 2.75) is 50.6 Å². The van der Waals surface area contributed by atoms with Crippen LogP contribution in [0.3, 0.4) is 0 Å². The molecule has 0 amide bonds. The van der Waals surface area contributed by atoms with E-state index < -0.39 is 25.3 Å². The summed E-state index contributed by atoms with van der Waals surface area (Å²) in [6, 6.07) is 0. The van der Waals surface area contributed by atoms with Crippen molar-refractivity contribution in [2.24, 2.45) is 11.8 Å². The molecule has 1 aliphatic heterocycles. The average Bonchev–Trinajstić information content (AvgIpc) is 3.03. The van der Waals surface area contributed by atoms with Crippen LogP contribution in [0.4, 0.5) is 13.2 Å². The molecule has 23 heavy (non-hydrogen) atoms. The Morgan fingerprint density at radius 3 is 2.39 bits per heavy atom. The Kier molecular flexibility index (Phi) is 7.05. The van der Waals surface area contributed by atoms with Crippen molar-refractivity contribution in [3.05, 3.63) is 6.67 Å². The first-order valence-corrected chi connectivity index (χ1v) is 7.93. The SMILES string of the molecule is CN[CH-]NC1NC(OC)C(C2CCCC2)C(OCC(F)(F)F)N1. The predicted octanol–water partition coefficient (Wildman–Crippen LogP) is 1.07. The van der Waals surface area contributed by atoms with Gasteiger partial charge in [-0.1, -0.05) is 12.8 Å². The lowest BCUT2D eigenvalue weighted by molar-refractivity contribution is -0.215. The van der Waals surface area contributed by atoms with Gasteiger partial charge in [-0.2, -0.15) is 13.2 Å². The van der Waals surface area contributed by atoms with E-state index in [1.165, 1.54) is 0 Å². The van der Waals surface area contributed by atoms with Crippen LogP contribution in [0.15, 0.2) is 0 Å². The van der Waals surface area contributed by atoms with Crippen LogP contribution in [-0.2, 0) is 9.47 Å².